The summed E-state index contributed by atoms with van der Waals surface area (Å²) in [5.74, 6) is 0.309. The van der Waals surface area contributed by atoms with Gasteiger partial charge < -0.3 is 10.5 Å². The lowest BCUT2D eigenvalue weighted by atomic mass is 10.1. The molecular formula is C11H17Cl3N2O3S. The van der Waals surface area contributed by atoms with E-state index in [1.807, 2.05) is 0 Å². The Balaban J connectivity index is 0.00000361. The molecule has 0 saturated heterocycles. The number of sulfonamides is 1. The zero-order valence-corrected chi connectivity index (χ0v) is 14.4. The Bertz CT molecular complexity index is 577. The Hall–Kier alpha value is -0.240. The first-order chi connectivity index (χ1) is 8.63. The summed E-state index contributed by atoms with van der Waals surface area (Å²) in [4.78, 5) is -0.110. The highest BCUT2D eigenvalue weighted by Crippen LogP contribution is 2.33. The minimum atomic E-state index is -3.81. The van der Waals surface area contributed by atoms with E-state index in [0.717, 1.165) is 0 Å². The topological polar surface area (TPSA) is 81.4 Å². The van der Waals surface area contributed by atoms with Gasteiger partial charge in [-0.15, -0.1) is 12.4 Å². The second-order valence-corrected chi connectivity index (χ2v) is 7.08. The molecule has 0 fully saturated rings. The fraction of sp³-hybridized carbons (Fsp3) is 0.455. The monoisotopic (exact) mass is 362 g/mol. The molecule has 3 N–H and O–H groups in total. The molecule has 0 atom stereocenters. The van der Waals surface area contributed by atoms with Gasteiger partial charge in [-0.2, -0.15) is 0 Å². The second-order valence-electron chi connectivity index (χ2n) is 4.61. The number of halogens is 3. The van der Waals surface area contributed by atoms with Crippen molar-refractivity contribution in [2.24, 2.45) is 5.73 Å². The van der Waals surface area contributed by atoms with Gasteiger partial charge in [0.05, 0.1) is 17.2 Å². The van der Waals surface area contributed by atoms with Crippen LogP contribution in [0, 0.1) is 0 Å². The zero-order chi connectivity index (χ0) is 14.8. The molecule has 0 unspecified atom stereocenters. The van der Waals surface area contributed by atoms with E-state index in [1.165, 1.54) is 19.2 Å². The van der Waals surface area contributed by atoms with Crippen molar-refractivity contribution in [2.45, 2.75) is 24.3 Å². The highest BCUT2D eigenvalue weighted by Gasteiger charge is 2.27. The maximum absolute atomic E-state index is 12.2. The maximum Gasteiger partial charge on any atom is 0.242 e. The van der Waals surface area contributed by atoms with Crippen LogP contribution in [0.4, 0.5) is 0 Å². The average molecular weight is 364 g/mol. The number of hydrogen-bond acceptors (Lipinski definition) is 4. The Labute approximate surface area is 135 Å². The van der Waals surface area contributed by atoms with E-state index in [9.17, 15) is 8.42 Å². The first-order valence-corrected chi connectivity index (χ1v) is 7.64. The van der Waals surface area contributed by atoms with Crippen molar-refractivity contribution in [1.29, 1.82) is 0 Å². The lowest BCUT2D eigenvalue weighted by molar-refractivity contribution is 0.414. The lowest BCUT2D eigenvalue weighted by Crippen LogP contribution is -2.48. The first kappa shape index (κ1) is 19.8. The van der Waals surface area contributed by atoms with Crippen molar-refractivity contribution < 1.29 is 13.2 Å². The highest BCUT2D eigenvalue weighted by atomic mass is 35.5. The number of ether oxygens (including phenoxy) is 1. The Kier molecular flexibility index (Phi) is 7.07. The standard InChI is InChI=1S/C11H16Cl2N2O3S.ClH/c1-11(2,6-14)15-19(16,17)10-5-7(12)9(18-3)4-8(10)13;/h4-5,15H,6,14H2,1-3H3;1H. The summed E-state index contributed by atoms with van der Waals surface area (Å²) in [5.41, 5.74) is 4.72. The van der Waals surface area contributed by atoms with E-state index in [1.54, 1.807) is 13.8 Å². The molecule has 0 aromatic heterocycles. The van der Waals surface area contributed by atoms with Crippen molar-refractivity contribution in [2.75, 3.05) is 13.7 Å². The summed E-state index contributed by atoms with van der Waals surface area (Å²) in [7, 11) is -2.39. The number of rotatable bonds is 5. The molecule has 0 heterocycles. The Morgan fingerprint density at radius 2 is 1.85 bits per heavy atom. The molecule has 0 spiro atoms. The predicted molar refractivity (Wildman–Crippen MR) is 83.7 cm³/mol. The normalized spacial score (nSPS) is 11.9. The SMILES string of the molecule is COc1cc(Cl)c(S(=O)(=O)NC(C)(C)CN)cc1Cl.Cl. The van der Waals surface area contributed by atoms with Crippen LogP contribution in [0.5, 0.6) is 5.75 Å². The van der Waals surface area contributed by atoms with E-state index in [0.29, 0.717) is 5.75 Å². The minimum absolute atomic E-state index is 0. The largest absolute Gasteiger partial charge is 0.495 e. The van der Waals surface area contributed by atoms with Crippen LogP contribution >= 0.6 is 35.6 Å². The van der Waals surface area contributed by atoms with Crippen molar-refractivity contribution in [3.63, 3.8) is 0 Å². The third-order valence-corrected chi connectivity index (χ3v) is 4.88. The fourth-order valence-electron chi connectivity index (χ4n) is 1.33. The van der Waals surface area contributed by atoms with Gasteiger partial charge in [-0.05, 0) is 19.9 Å². The van der Waals surface area contributed by atoms with Crippen molar-refractivity contribution in [3.8, 4) is 5.75 Å². The molecule has 0 bridgehead atoms. The minimum Gasteiger partial charge on any atom is -0.495 e. The van der Waals surface area contributed by atoms with Crippen molar-refractivity contribution in [1.82, 2.24) is 4.72 Å². The molecule has 0 aliphatic rings. The molecule has 1 aromatic carbocycles. The van der Waals surface area contributed by atoms with Crippen LogP contribution in [0.25, 0.3) is 0 Å². The number of methoxy groups -OCH3 is 1. The van der Waals surface area contributed by atoms with Gasteiger partial charge in [0, 0.05) is 18.2 Å². The molecule has 5 nitrogen and oxygen atoms in total. The van der Waals surface area contributed by atoms with Gasteiger partial charge in [0.25, 0.3) is 0 Å². The summed E-state index contributed by atoms with van der Waals surface area (Å²) in [6, 6.07) is 2.60. The molecule has 0 saturated carbocycles. The molecule has 1 rings (SSSR count). The first-order valence-electron chi connectivity index (χ1n) is 5.40. The van der Waals surface area contributed by atoms with Crippen LogP contribution in [0.15, 0.2) is 17.0 Å². The number of nitrogens with one attached hydrogen (secondary N) is 1. The van der Waals surface area contributed by atoms with E-state index in [4.69, 9.17) is 33.7 Å². The maximum atomic E-state index is 12.2. The van der Waals surface area contributed by atoms with E-state index < -0.39 is 15.6 Å². The molecule has 0 amide bonds. The van der Waals surface area contributed by atoms with Crippen LogP contribution in [-0.4, -0.2) is 27.6 Å². The lowest BCUT2D eigenvalue weighted by Gasteiger charge is -2.24. The molecular weight excluding hydrogens is 347 g/mol. The third-order valence-electron chi connectivity index (χ3n) is 2.42. The van der Waals surface area contributed by atoms with Gasteiger partial charge in [0.1, 0.15) is 10.6 Å². The van der Waals surface area contributed by atoms with Crippen LogP contribution < -0.4 is 15.2 Å². The highest BCUT2D eigenvalue weighted by molar-refractivity contribution is 7.89. The molecule has 116 valence electrons. The fourth-order valence-corrected chi connectivity index (χ4v) is 3.61. The van der Waals surface area contributed by atoms with Crippen LogP contribution in [0.1, 0.15) is 13.8 Å². The molecule has 0 aliphatic carbocycles. The number of nitrogens with two attached hydrogens (primary N) is 1. The van der Waals surface area contributed by atoms with Gasteiger partial charge in [-0.1, -0.05) is 23.2 Å². The molecule has 0 radical (unpaired) electrons. The van der Waals surface area contributed by atoms with Gasteiger partial charge in [-0.3, -0.25) is 0 Å². The zero-order valence-electron chi connectivity index (χ0n) is 11.2. The quantitative estimate of drug-likeness (QED) is 0.842. The number of benzene rings is 1. The second kappa shape index (κ2) is 7.15. The third kappa shape index (κ3) is 4.65. The summed E-state index contributed by atoms with van der Waals surface area (Å²) >= 11 is 11.9. The van der Waals surface area contributed by atoms with Gasteiger partial charge >= 0.3 is 0 Å². The smallest absolute Gasteiger partial charge is 0.242 e. The van der Waals surface area contributed by atoms with Crippen LogP contribution in [0.2, 0.25) is 10.0 Å². The Morgan fingerprint density at radius 1 is 1.30 bits per heavy atom. The summed E-state index contributed by atoms with van der Waals surface area (Å²) in [5, 5.41) is 0.194. The molecule has 20 heavy (non-hydrogen) atoms. The van der Waals surface area contributed by atoms with Crippen molar-refractivity contribution in [3.05, 3.63) is 22.2 Å². The molecule has 9 heteroatoms. The van der Waals surface area contributed by atoms with E-state index >= 15 is 0 Å². The van der Waals surface area contributed by atoms with Gasteiger partial charge in [0.15, 0.2) is 0 Å². The number of hydrogen-bond donors (Lipinski definition) is 2. The average Bonchev–Trinajstić information content (AvgIpc) is 2.30. The van der Waals surface area contributed by atoms with Gasteiger partial charge in [-0.25, -0.2) is 13.1 Å². The van der Waals surface area contributed by atoms with Crippen molar-refractivity contribution >= 4 is 45.6 Å². The van der Waals surface area contributed by atoms with Gasteiger partial charge in [0.2, 0.25) is 10.0 Å². The summed E-state index contributed by atoms with van der Waals surface area (Å²) < 4.78 is 31.9. The summed E-state index contributed by atoms with van der Waals surface area (Å²) in [6.07, 6.45) is 0. The summed E-state index contributed by atoms with van der Waals surface area (Å²) in [6.45, 7) is 3.49. The van der Waals surface area contributed by atoms with Crippen LogP contribution in [0.3, 0.4) is 0 Å². The van der Waals surface area contributed by atoms with E-state index in [-0.39, 0.29) is 33.9 Å². The van der Waals surface area contributed by atoms with Crippen LogP contribution in [-0.2, 0) is 10.0 Å². The molecule has 0 aliphatic heterocycles. The Morgan fingerprint density at radius 3 is 2.30 bits per heavy atom. The predicted octanol–water partition coefficient (Wildman–Crippen LogP) is 2.44. The van der Waals surface area contributed by atoms with E-state index in [2.05, 4.69) is 4.72 Å². The molecule has 1 aromatic rings.